The summed E-state index contributed by atoms with van der Waals surface area (Å²) in [5.74, 6) is 0.0925. The van der Waals surface area contributed by atoms with Gasteiger partial charge in [-0.1, -0.05) is 0 Å². The molecule has 1 aromatic rings. The van der Waals surface area contributed by atoms with Crippen molar-refractivity contribution in [1.29, 1.82) is 0 Å². The Balaban J connectivity index is 2.21. The fourth-order valence-corrected chi connectivity index (χ4v) is 3.13. The molecule has 1 N–H and O–H groups in total. The van der Waals surface area contributed by atoms with Crippen LogP contribution < -0.4 is 4.90 Å². The minimum absolute atomic E-state index is 0.276. The Kier molecular flexibility index (Phi) is 5.05. The zero-order chi connectivity index (χ0) is 14.7. The van der Waals surface area contributed by atoms with E-state index < -0.39 is 0 Å². The number of carbonyl (C=O) groups excluding carboxylic acids is 1. The minimum atomic E-state index is -0.328. The van der Waals surface area contributed by atoms with E-state index in [9.17, 15) is 9.90 Å². The lowest BCUT2D eigenvalue weighted by Crippen LogP contribution is -2.35. The Morgan fingerprint density at radius 3 is 2.65 bits per heavy atom. The van der Waals surface area contributed by atoms with Gasteiger partial charge >= 0.3 is 5.97 Å². The summed E-state index contributed by atoms with van der Waals surface area (Å²) in [5.41, 5.74) is 2.76. The van der Waals surface area contributed by atoms with Crippen LogP contribution in [0.15, 0.2) is 16.6 Å². The monoisotopic (exact) mass is 341 g/mol. The van der Waals surface area contributed by atoms with Crippen molar-refractivity contribution >= 4 is 27.6 Å². The molecule has 5 heteroatoms. The van der Waals surface area contributed by atoms with E-state index in [1.807, 2.05) is 19.1 Å². The number of carbonyl (C=O) groups is 1. The van der Waals surface area contributed by atoms with Crippen LogP contribution in [0.25, 0.3) is 0 Å². The number of hydrogen-bond acceptors (Lipinski definition) is 4. The summed E-state index contributed by atoms with van der Waals surface area (Å²) < 4.78 is 5.53. The molecule has 0 aromatic heterocycles. The number of benzene rings is 1. The molecule has 2 rings (SSSR count). The van der Waals surface area contributed by atoms with Gasteiger partial charge in [-0.2, -0.15) is 0 Å². The third-order valence-corrected chi connectivity index (χ3v) is 4.56. The smallest absolute Gasteiger partial charge is 0.339 e. The Morgan fingerprint density at radius 2 is 2.10 bits per heavy atom. The van der Waals surface area contributed by atoms with Crippen molar-refractivity contribution in [2.24, 2.45) is 5.92 Å². The summed E-state index contributed by atoms with van der Waals surface area (Å²) in [6.45, 7) is 4.16. The standard InChI is InChI=1S/C15H20BrNO3/c1-10-7-12(15(19)20-2)13(16)8-14(10)17-5-3-11(9-18)4-6-17/h7-8,11,18H,3-6,9H2,1-2H3. The van der Waals surface area contributed by atoms with Crippen LogP contribution in [-0.4, -0.2) is 37.9 Å². The Hall–Kier alpha value is -1.07. The SMILES string of the molecule is COC(=O)c1cc(C)c(N2CCC(CO)CC2)cc1Br. The van der Waals surface area contributed by atoms with Crippen molar-refractivity contribution in [2.45, 2.75) is 19.8 Å². The normalized spacial score (nSPS) is 16.3. The van der Waals surface area contributed by atoms with Crippen LogP contribution in [0.3, 0.4) is 0 Å². The molecule has 4 nitrogen and oxygen atoms in total. The highest BCUT2D eigenvalue weighted by molar-refractivity contribution is 9.10. The van der Waals surface area contributed by atoms with E-state index in [2.05, 4.69) is 20.8 Å². The van der Waals surface area contributed by atoms with Gasteiger partial charge in [0.05, 0.1) is 12.7 Å². The second kappa shape index (κ2) is 6.59. The summed E-state index contributed by atoms with van der Waals surface area (Å²) in [6.07, 6.45) is 2.01. The number of anilines is 1. The van der Waals surface area contributed by atoms with E-state index in [-0.39, 0.29) is 12.6 Å². The van der Waals surface area contributed by atoms with Crippen molar-refractivity contribution in [3.05, 3.63) is 27.7 Å². The Labute approximate surface area is 127 Å². The van der Waals surface area contributed by atoms with E-state index in [4.69, 9.17) is 4.74 Å². The topological polar surface area (TPSA) is 49.8 Å². The Morgan fingerprint density at radius 1 is 1.45 bits per heavy atom. The number of methoxy groups -OCH3 is 1. The number of aliphatic hydroxyl groups is 1. The molecule has 1 aliphatic heterocycles. The minimum Gasteiger partial charge on any atom is -0.465 e. The first-order valence-electron chi connectivity index (χ1n) is 6.81. The largest absolute Gasteiger partial charge is 0.465 e. The average Bonchev–Trinajstić information content (AvgIpc) is 2.48. The molecule has 110 valence electrons. The molecule has 1 aromatic carbocycles. The molecule has 0 spiro atoms. The van der Waals surface area contributed by atoms with Gasteiger partial charge in [0.25, 0.3) is 0 Å². The van der Waals surface area contributed by atoms with Gasteiger partial charge in [0, 0.05) is 29.9 Å². The van der Waals surface area contributed by atoms with E-state index in [0.29, 0.717) is 11.5 Å². The number of aliphatic hydroxyl groups excluding tert-OH is 1. The fourth-order valence-electron chi connectivity index (χ4n) is 2.63. The third kappa shape index (κ3) is 3.15. The van der Waals surface area contributed by atoms with Crippen LogP contribution >= 0.6 is 15.9 Å². The predicted octanol–water partition coefficient (Wildman–Crippen LogP) is 2.75. The molecule has 0 atom stereocenters. The predicted molar refractivity (Wildman–Crippen MR) is 82.2 cm³/mol. The van der Waals surface area contributed by atoms with E-state index in [1.165, 1.54) is 7.11 Å². The van der Waals surface area contributed by atoms with Gasteiger partial charge in [0.1, 0.15) is 0 Å². The van der Waals surface area contributed by atoms with Crippen LogP contribution in [0, 0.1) is 12.8 Å². The number of halogens is 1. The average molecular weight is 342 g/mol. The molecular formula is C15H20BrNO3. The highest BCUT2D eigenvalue weighted by Gasteiger charge is 2.21. The number of hydrogen-bond donors (Lipinski definition) is 1. The zero-order valence-corrected chi connectivity index (χ0v) is 13.4. The summed E-state index contributed by atoms with van der Waals surface area (Å²) in [6, 6.07) is 3.85. The van der Waals surface area contributed by atoms with Crippen molar-refractivity contribution in [3.63, 3.8) is 0 Å². The molecule has 1 saturated heterocycles. The molecule has 0 radical (unpaired) electrons. The van der Waals surface area contributed by atoms with Crippen LogP contribution in [0.1, 0.15) is 28.8 Å². The van der Waals surface area contributed by atoms with Gasteiger partial charge in [0.15, 0.2) is 0 Å². The Bertz CT molecular complexity index is 496. The summed E-state index contributed by atoms with van der Waals surface area (Å²) in [7, 11) is 1.39. The second-order valence-electron chi connectivity index (χ2n) is 5.22. The van der Waals surface area contributed by atoms with Crippen molar-refractivity contribution in [3.8, 4) is 0 Å². The maximum Gasteiger partial charge on any atom is 0.339 e. The molecule has 0 amide bonds. The number of piperidine rings is 1. The van der Waals surface area contributed by atoms with Gasteiger partial charge in [0.2, 0.25) is 0 Å². The lowest BCUT2D eigenvalue weighted by Gasteiger charge is -2.34. The van der Waals surface area contributed by atoms with Crippen LogP contribution in [0.2, 0.25) is 0 Å². The summed E-state index contributed by atoms with van der Waals surface area (Å²) in [4.78, 5) is 14.0. The molecule has 0 unspecified atom stereocenters. The fraction of sp³-hybridized carbons (Fsp3) is 0.533. The summed E-state index contributed by atoms with van der Waals surface area (Å²) in [5, 5.41) is 9.19. The number of aryl methyl sites for hydroxylation is 1. The highest BCUT2D eigenvalue weighted by Crippen LogP contribution is 2.31. The number of ether oxygens (including phenoxy) is 1. The lowest BCUT2D eigenvalue weighted by molar-refractivity contribution is 0.0599. The molecule has 0 bridgehead atoms. The van der Waals surface area contributed by atoms with Gasteiger partial charge in [-0.05, 0) is 59.3 Å². The highest BCUT2D eigenvalue weighted by atomic mass is 79.9. The van der Waals surface area contributed by atoms with Crippen molar-refractivity contribution in [2.75, 3.05) is 31.7 Å². The van der Waals surface area contributed by atoms with Crippen molar-refractivity contribution < 1.29 is 14.6 Å². The van der Waals surface area contributed by atoms with Crippen molar-refractivity contribution in [1.82, 2.24) is 0 Å². The molecule has 1 aliphatic rings. The van der Waals surface area contributed by atoms with Crippen LogP contribution in [-0.2, 0) is 4.74 Å². The number of esters is 1. The molecule has 0 aliphatic carbocycles. The first-order valence-corrected chi connectivity index (χ1v) is 7.60. The van der Waals surface area contributed by atoms with Crippen LogP contribution in [0.4, 0.5) is 5.69 Å². The third-order valence-electron chi connectivity index (χ3n) is 3.90. The van der Waals surface area contributed by atoms with Gasteiger partial charge in [-0.25, -0.2) is 4.79 Å². The lowest BCUT2D eigenvalue weighted by atomic mass is 9.96. The quantitative estimate of drug-likeness (QED) is 0.859. The van der Waals surface area contributed by atoms with E-state index in [0.717, 1.165) is 41.7 Å². The number of rotatable bonds is 3. The maximum atomic E-state index is 11.7. The second-order valence-corrected chi connectivity index (χ2v) is 6.08. The molecule has 1 heterocycles. The van der Waals surface area contributed by atoms with E-state index in [1.54, 1.807) is 0 Å². The van der Waals surface area contributed by atoms with Gasteiger partial charge in [-0.15, -0.1) is 0 Å². The summed E-state index contributed by atoms with van der Waals surface area (Å²) >= 11 is 3.45. The molecule has 1 fully saturated rings. The number of nitrogens with zero attached hydrogens (tertiary/aromatic N) is 1. The van der Waals surface area contributed by atoms with E-state index >= 15 is 0 Å². The first-order chi connectivity index (χ1) is 9.56. The van der Waals surface area contributed by atoms with Crippen LogP contribution in [0.5, 0.6) is 0 Å². The molecule has 0 saturated carbocycles. The van der Waals surface area contributed by atoms with Gasteiger partial charge < -0.3 is 14.7 Å². The van der Waals surface area contributed by atoms with Gasteiger partial charge in [-0.3, -0.25) is 0 Å². The zero-order valence-electron chi connectivity index (χ0n) is 11.9. The first kappa shape index (κ1) is 15.3. The molecular weight excluding hydrogens is 322 g/mol. The maximum absolute atomic E-state index is 11.7. The molecule has 20 heavy (non-hydrogen) atoms.